The molecule has 1 atom stereocenters. The molecule has 0 radical (unpaired) electrons. The summed E-state index contributed by atoms with van der Waals surface area (Å²) in [5.41, 5.74) is 6.47. The highest BCUT2D eigenvalue weighted by atomic mass is 16.5. The van der Waals surface area contributed by atoms with Crippen molar-refractivity contribution in [3.8, 4) is 22.8 Å². The molecule has 0 amide bonds. The summed E-state index contributed by atoms with van der Waals surface area (Å²) in [5, 5.41) is 9.71. The van der Waals surface area contributed by atoms with Gasteiger partial charge in [-0.15, -0.1) is 0 Å². The van der Waals surface area contributed by atoms with Gasteiger partial charge in [0.2, 0.25) is 5.88 Å². The lowest BCUT2D eigenvalue weighted by Gasteiger charge is -2.10. The first kappa shape index (κ1) is 20.2. The van der Waals surface area contributed by atoms with E-state index < -0.39 is 0 Å². The van der Waals surface area contributed by atoms with Crippen molar-refractivity contribution in [2.75, 3.05) is 40.5 Å². The summed E-state index contributed by atoms with van der Waals surface area (Å²) in [6, 6.07) is 2.08. The van der Waals surface area contributed by atoms with Gasteiger partial charge < -0.3 is 14.4 Å². The lowest BCUT2D eigenvalue weighted by molar-refractivity contribution is 0.145. The average molecular weight is 423 g/mol. The molecule has 3 aromatic rings. The summed E-state index contributed by atoms with van der Waals surface area (Å²) in [6.45, 7) is 6.69. The van der Waals surface area contributed by atoms with Gasteiger partial charge in [-0.2, -0.15) is 10.2 Å². The molecule has 0 bridgehead atoms. The SMILES string of the molecule is COc1ncc(-n2nc(-c3cnn(C[C@@H]4CCN(C)C4)c3)c3c2CCOCC3)cc1C. The van der Waals surface area contributed by atoms with Crippen molar-refractivity contribution in [3.05, 3.63) is 41.5 Å². The van der Waals surface area contributed by atoms with Gasteiger partial charge in [0.1, 0.15) is 0 Å². The summed E-state index contributed by atoms with van der Waals surface area (Å²) < 4.78 is 15.2. The minimum Gasteiger partial charge on any atom is -0.481 e. The molecule has 0 saturated carbocycles. The van der Waals surface area contributed by atoms with Crippen molar-refractivity contribution >= 4 is 0 Å². The van der Waals surface area contributed by atoms with Crippen LogP contribution in [-0.2, 0) is 24.1 Å². The first-order valence-electron chi connectivity index (χ1n) is 11.0. The first-order chi connectivity index (χ1) is 15.1. The molecule has 0 spiro atoms. The maximum atomic E-state index is 5.78. The van der Waals surface area contributed by atoms with Crippen molar-refractivity contribution in [1.82, 2.24) is 29.4 Å². The fourth-order valence-electron chi connectivity index (χ4n) is 4.80. The first-order valence-corrected chi connectivity index (χ1v) is 11.0. The molecule has 0 N–H and O–H groups in total. The number of aromatic nitrogens is 5. The van der Waals surface area contributed by atoms with Gasteiger partial charge in [0, 0.05) is 42.4 Å². The molecule has 164 valence electrons. The third kappa shape index (κ3) is 3.97. The van der Waals surface area contributed by atoms with Crippen LogP contribution in [0.1, 0.15) is 23.2 Å². The van der Waals surface area contributed by atoms with Crippen LogP contribution in [0, 0.1) is 12.8 Å². The van der Waals surface area contributed by atoms with Gasteiger partial charge in [-0.3, -0.25) is 4.68 Å². The molecule has 1 saturated heterocycles. The van der Waals surface area contributed by atoms with E-state index in [9.17, 15) is 0 Å². The molecule has 0 unspecified atom stereocenters. The molecule has 2 aliphatic heterocycles. The Balaban J connectivity index is 1.50. The van der Waals surface area contributed by atoms with E-state index in [0.29, 0.717) is 25.0 Å². The third-order valence-electron chi connectivity index (χ3n) is 6.36. The lowest BCUT2D eigenvalue weighted by Crippen LogP contribution is -2.17. The van der Waals surface area contributed by atoms with Crippen molar-refractivity contribution < 1.29 is 9.47 Å². The molecule has 8 heteroatoms. The Morgan fingerprint density at radius 1 is 1.23 bits per heavy atom. The molecule has 5 rings (SSSR count). The second-order valence-electron chi connectivity index (χ2n) is 8.69. The fourth-order valence-corrected chi connectivity index (χ4v) is 4.80. The zero-order valence-electron chi connectivity index (χ0n) is 18.5. The van der Waals surface area contributed by atoms with Crippen molar-refractivity contribution in [3.63, 3.8) is 0 Å². The maximum absolute atomic E-state index is 5.78. The standard InChI is InChI=1S/C23H30N6O2/c1-16-10-19(12-24-23(16)30-3)29-21-6-9-31-8-5-20(21)22(26-29)18-11-25-28(15-18)14-17-4-7-27(2)13-17/h10-12,15,17H,4-9,13-14H2,1-3H3/t17-/m1/s1. The topological polar surface area (TPSA) is 70.2 Å². The zero-order valence-corrected chi connectivity index (χ0v) is 18.5. The molecule has 2 aliphatic rings. The van der Waals surface area contributed by atoms with Crippen LogP contribution in [0.3, 0.4) is 0 Å². The molecule has 5 heterocycles. The van der Waals surface area contributed by atoms with Crippen LogP contribution in [0.15, 0.2) is 24.7 Å². The van der Waals surface area contributed by atoms with E-state index in [4.69, 9.17) is 14.6 Å². The van der Waals surface area contributed by atoms with Gasteiger partial charge in [-0.1, -0.05) is 0 Å². The third-order valence-corrected chi connectivity index (χ3v) is 6.36. The number of hydrogen-bond acceptors (Lipinski definition) is 6. The predicted molar refractivity (Wildman–Crippen MR) is 118 cm³/mol. The van der Waals surface area contributed by atoms with E-state index in [1.165, 1.54) is 24.2 Å². The summed E-state index contributed by atoms with van der Waals surface area (Å²) >= 11 is 0. The van der Waals surface area contributed by atoms with Gasteiger partial charge in [0.25, 0.3) is 0 Å². The highest BCUT2D eigenvalue weighted by Crippen LogP contribution is 2.31. The highest BCUT2D eigenvalue weighted by molar-refractivity contribution is 5.64. The molecule has 3 aromatic heterocycles. The van der Waals surface area contributed by atoms with E-state index in [2.05, 4.69) is 39.0 Å². The molecule has 31 heavy (non-hydrogen) atoms. The smallest absolute Gasteiger partial charge is 0.216 e. The van der Waals surface area contributed by atoms with Crippen LogP contribution in [0.5, 0.6) is 5.88 Å². The number of hydrogen-bond donors (Lipinski definition) is 0. The molecular weight excluding hydrogens is 392 g/mol. The molecule has 1 fully saturated rings. The lowest BCUT2D eigenvalue weighted by atomic mass is 10.0. The molecule has 8 nitrogen and oxygen atoms in total. The number of methoxy groups -OCH3 is 1. The Bertz CT molecular complexity index is 1070. The van der Waals surface area contributed by atoms with Crippen LogP contribution in [0.4, 0.5) is 0 Å². The predicted octanol–water partition coefficient (Wildman–Crippen LogP) is 2.51. The largest absolute Gasteiger partial charge is 0.481 e. The van der Waals surface area contributed by atoms with Gasteiger partial charge in [-0.05, 0) is 45.3 Å². The van der Waals surface area contributed by atoms with E-state index >= 15 is 0 Å². The Hall–Kier alpha value is -2.71. The highest BCUT2D eigenvalue weighted by Gasteiger charge is 2.24. The van der Waals surface area contributed by atoms with Crippen molar-refractivity contribution in [2.45, 2.75) is 32.7 Å². The maximum Gasteiger partial charge on any atom is 0.216 e. The molecule has 0 aliphatic carbocycles. The van der Waals surface area contributed by atoms with E-state index in [0.717, 1.165) is 48.4 Å². The van der Waals surface area contributed by atoms with Crippen LogP contribution in [-0.4, -0.2) is 69.9 Å². The Kier molecular flexibility index (Phi) is 5.50. The van der Waals surface area contributed by atoms with E-state index in [1.54, 1.807) is 7.11 Å². The monoisotopic (exact) mass is 422 g/mol. The molecular formula is C23H30N6O2. The summed E-state index contributed by atoms with van der Waals surface area (Å²) in [4.78, 5) is 6.85. The second-order valence-corrected chi connectivity index (χ2v) is 8.69. The van der Waals surface area contributed by atoms with Crippen LogP contribution >= 0.6 is 0 Å². The van der Waals surface area contributed by atoms with Crippen molar-refractivity contribution in [2.24, 2.45) is 5.92 Å². The van der Waals surface area contributed by atoms with Gasteiger partial charge in [-0.25, -0.2) is 9.67 Å². The number of likely N-dealkylation sites (tertiary alicyclic amines) is 1. The Morgan fingerprint density at radius 2 is 2.10 bits per heavy atom. The normalized spacial score (nSPS) is 19.4. The quantitative estimate of drug-likeness (QED) is 0.629. The number of ether oxygens (including phenoxy) is 2. The molecule has 0 aromatic carbocycles. The second kappa shape index (κ2) is 8.43. The van der Waals surface area contributed by atoms with Crippen LogP contribution in [0.2, 0.25) is 0 Å². The average Bonchev–Trinajstić information content (AvgIpc) is 3.43. The Morgan fingerprint density at radius 3 is 2.87 bits per heavy atom. The number of rotatable bonds is 5. The summed E-state index contributed by atoms with van der Waals surface area (Å²) in [5.74, 6) is 1.30. The summed E-state index contributed by atoms with van der Waals surface area (Å²) in [7, 11) is 3.83. The van der Waals surface area contributed by atoms with Crippen LogP contribution < -0.4 is 4.74 Å². The van der Waals surface area contributed by atoms with Gasteiger partial charge >= 0.3 is 0 Å². The van der Waals surface area contributed by atoms with Crippen molar-refractivity contribution in [1.29, 1.82) is 0 Å². The Labute approximate surface area is 182 Å². The number of aryl methyl sites for hydroxylation is 1. The number of nitrogens with zero attached hydrogens (tertiary/aromatic N) is 6. The zero-order chi connectivity index (χ0) is 21.4. The minimum absolute atomic E-state index is 0.643. The number of pyridine rings is 1. The van der Waals surface area contributed by atoms with Gasteiger partial charge in [0.15, 0.2) is 0 Å². The van der Waals surface area contributed by atoms with Gasteiger partial charge in [0.05, 0.1) is 49.8 Å². The van der Waals surface area contributed by atoms with E-state index in [1.807, 2.05) is 24.0 Å². The number of fused-ring (bicyclic) bond motifs is 1. The summed E-state index contributed by atoms with van der Waals surface area (Å²) in [6.07, 6.45) is 8.84. The van der Waals surface area contributed by atoms with Crippen LogP contribution in [0.25, 0.3) is 16.9 Å². The fraction of sp³-hybridized carbons (Fsp3) is 0.522. The minimum atomic E-state index is 0.643. The van der Waals surface area contributed by atoms with E-state index in [-0.39, 0.29) is 0 Å².